The van der Waals surface area contributed by atoms with E-state index >= 15 is 0 Å². The summed E-state index contributed by atoms with van der Waals surface area (Å²) in [6.07, 6.45) is 0.744. The van der Waals surface area contributed by atoms with Crippen molar-refractivity contribution in [3.05, 3.63) is 40.2 Å². The van der Waals surface area contributed by atoms with Crippen LogP contribution in [0.2, 0.25) is 0 Å². The van der Waals surface area contributed by atoms with Crippen molar-refractivity contribution in [3.63, 3.8) is 0 Å². The molecule has 0 aliphatic heterocycles. The number of nitrogens with one attached hydrogen (secondary N) is 1. The minimum absolute atomic E-state index is 0.741. The Labute approximate surface area is 88.7 Å². The third-order valence-corrected chi connectivity index (χ3v) is 2.56. The fourth-order valence-electron chi connectivity index (χ4n) is 1.90. The summed E-state index contributed by atoms with van der Waals surface area (Å²) in [5.74, 6) is 0.741. The summed E-state index contributed by atoms with van der Waals surface area (Å²) in [5, 5.41) is 14.0. The van der Waals surface area contributed by atoms with E-state index in [1.54, 1.807) is 0 Å². The van der Waals surface area contributed by atoms with Gasteiger partial charge in [0.05, 0.1) is 0 Å². The fraction of sp³-hybridized carbons (Fsp3) is 0.364. The molecule has 1 aromatic heterocycles. The third-order valence-electron chi connectivity index (χ3n) is 2.56. The Morgan fingerprint density at radius 2 is 1.80 bits per heavy atom. The highest BCUT2D eigenvalue weighted by Gasteiger charge is 2.07. The Kier molecular flexibility index (Phi) is 2.49. The highest BCUT2D eigenvalue weighted by Crippen LogP contribution is 2.18. The van der Waals surface area contributed by atoms with Crippen LogP contribution in [-0.4, -0.2) is 20.6 Å². The van der Waals surface area contributed by atoms with E-state index < -0.39 is 0 Å². The van der Waals surface area contributed by atoms with Crippen LogP contribution in [0.1, 0.15) is 28.1 Å². The van der Waals surface area contributed by atoms with Gasteiger partial charge < -0.3 is 0 Å². The molecule has 4 nitrogen and oxygen atoms in total. The second kappa shape index (κ2) is 3.81. The molecule has 78 valence electrons. The molecular weight excluding hydrogens is 188 g/mol. The van der Waals surface area contributed by atoms with Gasteiger partial charge in [0.25, 0.3) is 0 Å². The Morgan fingerprint density at radius 1 is 1.13 bits per heavy atom. The number of H-pyrrole nitrogens is 1. The number of benzene rings is 1. The number of hydrogen-bond acceptors (Lipinski definition) is 3. The lowest BCUT2D eigenvalue weighted by Crippen LogP contribution is -1.98. The van der Waals surface area contributed by atoms with Gasteiger partial charge in [-0.3, -0.25) is 0 Å². The SMILES string of the molecule is Cc1cc(C)c(Cc2nn[nH]n2)c(C)c1. The van der Waals surface area contributed by atoms with Crippen LogP contribution in [0.15, 0.2) is 12.1 Å². The second-order valence-corrected chi connectivity index (χ2v) is 3.88. The van der Waals surface area contributed by atoms with Gasteiger partial charge in [-0.1, -0.05) is 22.9 Å². The average Bonchev–Trinajstić information content (AvgIpc) is 2.63. The molecular formula is C11H14N4. The Bertz CT molecular complexity index is 436. The number of nitrogens with zero attached hydrogens (tertiary/aromatic N) is 3. The molecule has 0 aliphatic rings. The van der Waals surface area contributed by atoms with Crippen molar-refractivity contribution in [1.82, 2.24) is 20.6 Å². The molecule has 0 amide bonds. The van der Waals surface area contributed by atoms with E-state index in [1.807, 2.05) is 0 Å². The van der Waals surface area contributed by atoms with Crippen molar-refractivity contribution in [2.24, 2.45) is 0 Å². The van der Waals surface area contributed by atoms with Gasteiger partial charge in [0.15, 0.2) is 5.82 Å². The number of aryl methyl sites for hydroxylation is 3. The molecule has 2 rings (SSSR count). The molecule has 2 aromatic rings. The number of aromatic amines is 1. The molecule has 0 atom stereocenters. The van der Waals surface area contributed by atoms with Crippen LogP contribution in [0.4, 0.5) is 0 Å². The van der Waals surface area contributed by atoms with Gasteiger partial charge in [-0.15, -0.1) is 10.2 Å². The van der Waals surface area contributed by atoms with Crippen LogP contribution in [0.25, 0.3) is 0 Å². The molecule has 15 heavy (non-hydrogen) atoms. The lowest BCUT2D eigenvalue weighted by Gasteiger charge is -2.08. The topological polar surface area (TPSA) is 54.5 Å². The summed E-state index contributed by atoms with van der Waals surface area (Å²) >= 11 is 0. The van der Waals surface area contributed by atoms with Crippen LogP contribution < -0.4 is 0 Å². The van der Waals surface area contributed by atoms with Gasteiger partial charge in [-0.25, -0.2) is 0 Å². The number of aromatic nitrogens is 4. The molecule has 0 aliphatic carbocycles. The van der Waals surface area contributed by atoms with Crippen LogP contribution in [0, 0.1) is 20.8 Å². The van der Waals surface area contributed by atoms with Gasteiger partial charge in [0.2, 0.25) is 0 Å². The molecule has 0 spiro atoms. The molecule has 0 fully saturated rings. The van der Waals surface area contributed by atoms with E-state index in [1.165, 1.54) is 22.3 Å². The summed E-state index contributed by atoms with van der Waals surface area (Å²) in [7, 11) is 0. The van der Waals surface area contributed by atoms with Crippen LogP contribution in [0.3, 0.4) is 0 Å². The van der Waals surface area contributed by atoms with E-state index in [9.17, 15) is 0 Å². The van der Waals surface area contributed by atoms with Gasteiger partial charge >= 0.3 is 0 Å². The molecule has 1 heterocycles. The smallest absolute Gasteiger partial charge is 0.177 e. The molecule has 0 unspecified atom stereocenters. The quantitative estimate of drug-likeness (QED) is 0.806. The first kappa shape index (κ1) is 9.83. The first-order chi connectivity index (χ1) is 7.16. The van der Waals surface area contributed by atoms with Gasteiger partial charge in [0, 0.05) is 6.42 Å². The Balaban J connectivity index is 2.36. The van der Waals surface area contributed by atoms with Crippen molar-refractivity contribution in [2.75, 3.05) is 0 Å². The van der Waals surface area contributed by atoms with Crippen molar-refractivity contribution in [1.29, 1.82) is 0 Å². The predicted molar refractivity (Wildman–Crippen MR) is 57.6 cm³/mol. The summed E-state index contributed by atoms with van der Waals surface area (Å²) in [5.41, 5.74) is 5.17. The van der Waals surface area contributed by atoms with Crippen LogP contribution >= 0.6 is 0 Å². The van der Waals surface area contributed by atoms with E-state index in [-0.39, 0.29) is 0 Å². The maximum atomic E-state index is 3.97. The highest BCUT2D eigenvalue weighted by atomic mass is 15.5. The van der Waals surface area contributed by atoms with Crippen molar-refractivity contribution >= 4 is 0 Å². The molecule has 1 N–H and O–H groups in total. The zero-order chi connectivity index (χ0) is 10.8. The average molecular weight is 202 g/mol. The molecule has 4 heteroatoms. The first-order valence-corrected chi connectivity index (χ1v) is 4.96. The summed E-state index contributed by atoms with van der Waals surface area (Å²) in [6.45, 7) is 6.35. The zero-order valence-electron chi connectivity index (χ0n) is 9.20. The van der Waals surface area contributed by atoms with Crippen LogP contribution in [-0.2, 0) is 6.42 Å². The molecule has 0 bridgehead atoms. The van der Waals surface area contributed by atoms with E-state index in [2.05, 4.69) is 53.5 Å². The molecule has 0 saturated heterocycles. The van der Waals surface area contributed by atoms with Gasteiger partial charge in [-0.2, -0.15) is 5.21 Å². The monoisotopic (exact) mass is 202 g/mol. The summed E-state index contributed by atoms with van der Waals surface area (Å²) < 4.78 is 0. The minimum atomic E-state index is 0.741. The highest BCUT2D eigenvalue weighted by molar-refractivity contribution is 5.38. The zero-order valence-corrected chi connectivity index (χ0v) is 9.20. The lowest BCUT2D eigenvalue weighted by molar-refractivity contribution is 0.881. The second-order valence-electron chi connectivity index (χ2n) is 3.88. The number of hydrogen-bond donors (Lipinski definition) is 1. The van der Waals surface area contributed by atoms with E-state index in [0.717, 1.165) is 12.2 Å². The van der Waals surface area contributed by atoms with Crippen molar-refractivity contribution in [3.8, 4) is 0 Å². The molecule has 0 saturated carbocycles. The summed E-state index contributed by atoms with van der Waals surface area (Å²) in [4.78, 5) is 0. The van der Waals surface area contributed by atoms with Gasteiger partial charge in [-0.05, 0) is 37.5 Å². The maximum absolute atomic E-state index is 3.97. The van der Waals surface area contributed by atoms with E-state index in [0.29, 0.717) is 0 Å². The predicted octanol–water partition coefficient (Wildman–Crippen LogP) is 1.72. The normalized spacial score (nSPS) is 10.6. The molecule has 0 radical (unpaired) electrons. The Hall–Kier alpha value is -1.71. The number of rotatable bonds is 2. The Morgan fingerprint density at radius 3 is 2.33 bits per heavy atom. The standard InChI is InChI=1S/C11H14N4/c1-7-4-8(2)10(9(3)5-7)6-11-12-14-15-13-11/h4-5H,6H2,1-3H3,(H,12,13,14,15). The van der Waals surface area contributed by atoms with Crippen molar-refractivity contribution < 1.29 is 0 Å². The van der Waals surface area contributed by atoms with Crippen LogP contribution in [0.5, 0.6) is 0 Å². The maximum Gasteiger partial charge on any atom is 0.178 e. The third kappa shape index (κ3) is 2.03. The minimum Gasteiger partial charge on any atom is -0.177 e. The number of tetrazole rings is 1. The van der Waals surface area contributed by atoms with Gasteiger partial charge in [0.1, 0.15) is 0 Å². The van der Waals surface area contributed by atoms with Crippen molar-refractivity contribution in [2.45, 2.75) is 27.2 Å². The first-order valence-electron chi connectivity index (χ1n) is 4.96. The summed E-state index contributed by atoms with van der Waals surface area (Å²) in [6, 6.07) is 4.37. The van der Waals surface area contributed by atoms with E-state index in [4.69, 9.17) is 0 Å². The largest absolute Gasteiger partial charge is 0.178 e. The molecule has 1 aromatic carbocycles. The fourth-order valence-corrected chi connectivity index (χ4v) is 1.90. The lowest BCUT2D eigenvalue weighted by atomic mass is 9.97.